The average molecular weight is 275 g/mol. The molecular formula is C10H21CaNO5. The van der Waals surface area contributed by atoms with Gasteiger partial charge in [-0.05, 0) is 6.42 Å². The number of aliphatic hydroxyl groups is 2. The van der Waals surface area contributed by atoms with Crippen molar-refractivity contribution in [3.8, 4) is 0 Å². The number of hydrogen-bond acceptors (Lipinski definition) is 4. The van der Waals surface area contributed by atoms with Crippen LogP contribution in [0.5, 0.6) is 0 Å². The van der Waals surface area contributed by atoms with E-state index in [0.717, 1.165) is 0 Å². The minimum absolute atomic E-state index is 0. The molecule has 1 amide bonds. The second-order valence-corrected chi connectivity index (χ2v) is 4.34. The van der Waals surface area contributed by atoms with Crippen molar-refractivity contribution in [2.24, 2.45) is 5.41 Å². The van der Waals surface area contributed by atoms with E-state index in [4.69, 9.17) is 10.2 Å². The van der Waals surface area contributed by atoms with Crippen LogP contribution in [0.15, 0.2) is 0 Å². The van der Waals surface area contributed by atoms with Gasteiger partial charge in [-0.2, -0.15) is 0 Å². The number of amides is 1. The first-order valence-electron chi connectivity index (χ1n) is 5.09. The Hall–Kier alpha value is 0.120. The molecule has 7 heteroatoms. The number of nitrogens with one attached hydrogen (secondary N) is 1. The number of aliphatic carboxylic acids is 1. The molecule has 98 valence electrons. The summed E-state index contributed by atoms with van der Waals surface area (Å²) < 4.78 is 0. The first kappa shape index (κ1) is 19.5. The van der Waals surface area contributed by atoms with E-state index >= 15 is 0 Å². The fourth-order valence-electron chi connectivity index (χ4n) is 0.989. The number of carbonyl (C=O) groups is 2. The van der Waals surface area contributed by atoms with Crippen LogP contribution in [0.25, 0.3) is 0 Å². The topological polar surface area (TPSA) is 107 Å². The van der Waals surface area contributed by atoms with Gasteiger partial charge in [0, 0.05) is 18.4 Å². The summed E-state index contributed by atoms with van der Waals surface area (Å²) in [5, 5.41) is 29.3. The van der Waals surface area contributed by atoms with Crippen LogP contribution < -0.4 is 5.32 Å². The van der Waals surface area contributed by atoms with E-state index in [-0.39, 0.29) is 57.3 Å². The number of rotatable bonds is 7. The van der Waals surface area contributed by atoms with Crippen LogP contribution in [-0.2, 0) is 9.59 Å². The van der Waals surface area contributed by atoms with E-state index in [1.165, 1.54) is 0 Å². The SMILES string of the molecule is CC(C)(CO)C(O)C(=O)NCCCC(=O)O.[CaH2]. The third kappa shape index (κ3) is 7.94. The van der Waals surface area contributed by atoms with Gasteiger partial charge >= 0.3 is 43.7 Å². The normalized spacial score (nSPS) is 12.5. The van der Waals surface area contributed by atoms with Crippen LogP contribution in [0.3, 0.4) is 0 Å². The van der Waals surface area contributed by atoms with Gasteiger partial charge < -0.3 is 20.6 Å². The first-order valence-corrected chi connectivity index (χ1v) is 5.09. The molecule has 0 spiro atoms. The molecular weight excluding hydrogens is 254 g/mol. The third-order valence-electron chi connectivity index (χ3n) is 2.26. The molecule has 0 aromatic rings. The summed E-state index contributed by atoms with van der Waals surface area (Å²) in [5.41, 5.74) is -0.906. The van der Waals surface area contributed by atoms with Gasteiger partial charge in [-0.25, -0.2) is 0 Å². The van der Waals surface area contributed by atoms with Gasteiger partial charge in [0.2, 0.25) is 5.91 Å². The quantitative estimate of drug-likeness (QED) is 0.332. The standard InChI is InChI=1S/C10H19NO5.Ca.2H/c1-10(2,6-12)8(15)9(16)11-5-3-4-7(13)14;;;/h8,12,15H,3-6H2,1-2H3,(H,11,16)(H,13,14);;;. The van der Waals surface area contributed by atoms with Crippen LogP contribution in [0, 0.1) is 5.41 Å². The maximum atomic E-state index is 11.4. The predicted octanol–water partition coefficient (Wildman–Crippen LogP) is -1.57. The summed E-state index contributed by atoms with van der Waals surface area (Å²) in [7, 11) is 0. The summed E-state index contributed by atoms with van der Waals surface area (Å²) in [6.07, 6.45) is -1.02. The van der Waals surface area contributed by atoms with Gasteiger partial charge in [0.05, 0.1) is 6.61 Å². The summed E-state index contributed by atoms with van der Waals surface area (Å²) in [6, 6.07) is 0. The number of hydrogen-bond donors (Lipinski definition) is 4. The van der Waals surface area contributed by atoms with Crippen molar-refractivity contribution >= 4 is 49.6 Å². The predicted molar refractivity (Wildman–Crippen MR) is 65.3 cm³/mol. The molecule has 0 radical (unpaired) electrons. The Bertz CT molecular complexity index is 257. The van der Waals surface area contributed by atoms with Crippen LogP contribution in [0.1, 0.15) is 26.7 Å². The van der Waals surface area contributed by atoms with Gasteiger partial charge in [0.25, 0.3) is 0 Å². The van der Waals surface area contributed by atoms with Crippen molar-refractivity contribution in [3.05, 3.63) is 0 Å². The Morgan fingerprint density at radius 1 is 1.35 bits per heavy atom. The van der Waals surface area contributed by atoms with Crippen molar-refractivity contribution in [3.63, 3.8) is 0 Å². The summed E-state index contributed by atoms with van der Waals surface area (Å²) in [5.74, 6) is -1.52. The molecule has 0 heterocycles. The van der Waals surface area contributed by atoms with E-state index in [1.807, 2.05) is 0 Å². The Kier molecular flexibility index (Phi) is 10.4. The van der Waals surface area contributed by atoms with E-state index in [1.54, 1.807) is 13.8 Å². The fourth-order valence-corrected chi connectivity index (χ4v) is 0.989. The molecule has 1 atom stereocenters. The van der Waals surface area contributed by atoms with Crippen LogP contribution in [0.2, 0.25) is 0 Å². The van der Waals surface area contributed by atoms with Crippen LogP contribution in [0.4, 0.5) is 0 Å². The van der Waals surface area contributed by atoms with Gasteiger partial charge in [0.15, 0.2) is 0 Å². The number of carboxylic acids is 1. The molecule has 0 rings (SSSR count). The summed E-state index contributed by atoms with van der Waals surface area (Å²) in [4.78, 5) is 21.6. The summed E-state index contributed by atoms with van der Waals surface area (Å²) in [6.45, 7) is 3.02. The molecule has 17 heavy (non-hydrogen) atoms. The van der Waals surface area contributed by atoms with Gasteiger partial charge in [0.1, 0.15) is 6.10 Å². The van der Waals surface area contributed by atoms with Gasteiger partial charge in [-0.1, -0.05) is 13.8 Å². The fraction of sp³-hybridized carbons (Fsp3) is 0.800. The molecule has 6 nitrogen and oxygen atoms in total. The zero-order chi connectivity index (χ0) is 12.8. The van der Waals surface area contributed by atoms with Crippen molar-refractivity contribution in [1.29, 1.82) is 0 Å². The second kappa shape index (κ2) is 9.10. The Labute approximate surface area is 130 Å². The average Bonchev–Trinajstić information content (AvgIpc) is 2.22. The van der Waals surface area contributed by atoms with Crippen molar-refractivity contribution in [2.75, 3.05) is 13.2 Å². The number of aliphatic hydroxyl groups excluding tert-OH is 2. The molecule has 0 fully saturated rings. The van der Waals surface area contributed by atoms with Gasteiger partial charge in [-0.3, -0.25) is 9.59 Å². The number of carboxylic acid groups (broad SMARTS) is 1. The van der Waals surface area contributed by atoms with E-state index in [2.05, 4.69) is 5.32 Å². The molecule has 1 unspecified atom stereocenters. The monoisotopic (exact) mass is 275 g/mol. The molecule has 0 aromatic carbocycles. The Balaban J connectivity index is 0. The van der Waals surface area contributed by atoms with E-state index < -0.39 is 23.4 Å². The van der Waals surface area contributed by atoms with Gasteiger partial charge in [-0.15, -0.1) is 0 Å². The van der Waals surface area contributed by atoms with Crippen molar-refractivity contribution < 1.29 is 24.9 Å². The second-order valence-electron chi connectivity index (χ2n) is 4.34. The van der Waals surface area contributed by atoms with Crippen LogP contribution in [-0.4, -0.2) is 84.2 Å². The number of carbonyl (C=O) groups excluding carboxylic acids is 1. The first-order chi connectivity index (χ1) is 7.31. The molecule has 0 aliphatic rings. The molecule has 0 saturated heterocycles. The van der Waals surface area contributed by atoms with Crippen LogP contribution >= 0.6 is 0 Å². The molecule has 0 aromatic heterocycles. The van der Waals surface area contributed by atoms with E-state index in [9.17, 15) is 14.7 Å². The molecule has 4 N–H and O–H groups in total. The molecule has 0 aliphatic heterocycles. The third-order valence-corrected chi connectivity index (χ3v) is 2.26. The molecule has 0 saturated carbocycles. The zero-order valence-electron chi connectivity index (χ0n) is 9.56. The molecule has 0 aliphatic carbocycles. The summed E-state index contributed by atoms with van der Waals surface area (Å²) >= 11 is 0. The molecule has 0 bridgehead atoms. The minimum atomic E-state index is -1.30. The van der Waals surface area contributed by atoms with Crippen molar-refractivity contribution in [1.82, 2.24) is 5.32 Å². The maximum absolute atomic E-state index is 11.4. The Morgan fingerprint density at radius 2 is 1.88 bits per heavy atom. The Morgan fingerprint density at radius 3 is 2.29 bits per heavy atom. The van der Waals surface area contributed by atoms with E-state index in [0.29, 0.717) is 6.42 Å². The van der Waals surface area contributed by atoms with Crippen molar-refractivity contribution in [2.45, 2.75) is 32.8 Å². The zero-order valence-corrected chi connectivity index (χ0v) is 9.56.